The molecule has 1 saturated heterocycles. The Morgan fingerprint density at radius 2 is 1.87 bits per heavy atom. The molecule has 0 aromatic heterocycles. The summed E-state index contributed by atoms with van der Waals surface area (Å²) in [6.45, 7) is -0.579. The third kappa shape index (κ3) is 3.91. The number of alkyl halides is 3. The molecule has 0 radical (unpaired) electrons. The molecule has 0 bridgehead atoms. The van der Waals surface area contributed by atoms with Gasteiger partial charge in [0.15, 0.2) is 5.17 Å². The lowest BCUT2D eigenvalue weighted by molar-refractivity contribution is -0.137. The number of para-hydroxylation sites is 1. The van der Waals surface area contributed by atoms with Gasteiger partial charge in [0.25, 0.3) is 11.8 Å². The zero-order valence-corrected chi connectivity index (χ0v) is 16.3. The number of hydrogen-bond donors (Lipinski definition) is 2. The normalized spacial score (nSPS) is 19.7. The van der Waals surface area contributed by atoms with Gasteiger partial charge >= 0.3 is 12.1 Å². The summed E-state index contributed by atoms with van der Waals surface area (Å²) in [5, 5.41) is 11.6. The Hall–Kier alpha value is -3.60. The van der Waals surface area contributed by atoms with Crippen molar-refractivity contribution in [1.82, 2.24) is 5.32 Å². The fraction of sp³-hybridized carbons (Fsp3) is 0.100. The maximum atomic E-state index is 12.9. The summed E-state index contributed by atoms with van der Waals surface area (Å²) in [6, 6.07) is 10.7. The Labute approximate surface area is 177 Å². The summed E-state index contributed by atoms with van der Waals surface area (Å²) in [7, 11) is 0. The number of hydrogen-bond acceptors (Lipinski definition) is 5. The second-order valence-electron chi connectivity index (χ2n) is 6.53. The van der Waals surface area contributed by atoms with E-state index >= 15 is 0 Å². The topological polar surface area (TPSA) is 99.1 Å². The van der Waals surface area contributed by atoms with Gasteiger partial charge in [-0.15, -0.1) is 0 Å². The maximum absolute atomic E-state index is 12.9. The van der Waals surface area contributed by atoms with Crippen LogP contribution in [0.25, 0.3) is 5.57 Å². The van der Waals surface area contributed by atoms with Gasteiger partial charge in [-0.25, -0.2) is 4.99 Å². The van der Waals surface area contributed by atoms with Crippen molar-refractivity contribution in [3.8, 4) is 0 Å². The minimum atomic E-state index is -4.54. The van der Waals surface area contributed by atoms with Crippen LogP contribution in [0.5, 0.6) is 0 Å². The number of thioether (sulfide) groups is 1. The van der Waals surface area contributed by atoms with Gasteiger partial charge < -0.3 is 10.4 Å². The Kier molecular flexibility index (Phi) is 5.05. The second-order valence-corrected chi connectivity index (χ2v) is 7.53. The first kappa shape index (κ1) is 20.7. The number of fused-ring (bicyclic) bond motifs is 1. The summed E-state index contributed by atoms with van der Waals surface area (Å²) < 4.78 is 38.7. The highest BCUT2D eigenvalue weighted by atomic mass is 32.2. The summed E-state index contributed by atoms with van der Waals surface area (Å²) in [4.78, 5) is 41.7. The van der Waals surface area contributed by atoms with Crippen LogP contribution in [0.4, 0.5) is 24.5 Å². The van der Waals surface area contributed by atoms with Crippen LogP contribution >= 0.6 is 11.8 Å². The minimum absolute atomic E-state index is 0.00364. The Bertz CT molecular complexity index is 1190. The number of aliphatic imine (C=N–C) groups is 1. The average Bonchev–Trinajstić information content (AvgIpc) is 3.18. The molecule has 2 aromatic rings. The van der Waals surface area contributed by atoms with Crippen LogP contribution in [0.1, 0.15) is 11.1 Å². The van der Waals surface area contributed by atoms with Crippen molar-refractivity contribution in [1.29, 1.82) is 0 Å². The van der Waals surface area contributed by atoms with Gasteiger partial charge in [-0.2, -0.15) is 13.2 Å². The lowest BCUT2D eigenvalue weighted by Gasteiger charge is -2.13. The number of carbonyl (C=O) groups excluding carboxylic acids is 2. The molecule has 2 N–H and O–H groups in total. The van der Waals surface area contributed by atoms with E-state index in [0.717, 1.165) is 28.8 Å². The largest absolute Gasteiger partial charge is 0.480 e. The van der Waals surface area contributed by atoms with Crippen LogP contribution in [0, 0.1) is 0 Å². The minimum Gasteiger partial charge on any atom is -0.480 e. The molecule has 2 aromatic carbocycles. The monoisotopic (exact) mass is 447 g/mol. The third-order valence-electron chi connectivity index (χ3n) is 4.47. The average molecular weight is 447 g/mol. The quantitative estimate of drug-likeness (QED) is 0.703. The molecule has 2 aliphatic heterocycles. The van der Waals surface area contributed by atoms with Crippen molar-refractivity contribution in [2.75, 3.05) is 11.4 Å². The number of nitrogens with zero attached hydrogens (tertiary/aromatic N) is 2. The van der Waals surface area contributed by atoms with Crippen molar-refractivity contribution in [2.45, 2.75) is 6.18 Å². The van der Waals surface area contributed by atoms with E-state index in [9.17, 15) is 27.6 Å². The molecule has 0 saturated carbocycles. The molecule has 4 rings (SSSR count). The van der Waals surface area contributed by atoms with Crippen LogP contribution in [0.15, 0.2) is 58.4 Å². The van der Waals surface area contributed by atoms with Crippen molar-refractivity contribution in [3.05, 3.63) is 64.6 Å². The van der Waals surface area contributed by atoms with Crippen LogP contribution in [-0.2, 0) is 20.6 Å². The zero-order chi connectivity index (χ0) is 22.3. The number of benzene rings is 2. The molecule has 158 valence electrons. The van der Waals surface area contributed by atoms with Gasteiger partial charge in [0.2, 0.25) is 0 Å². The molecule has 1 fully saturated rings. The number of rotatable bonds is 3. The van der Waals surface area contributed by atoms with Gasteiger partial charge in [-0.1, -0.05) is 24.3 Å². The fourth-order valence-corrected chi connectivity index (χ4v) is 4.13. The molecule has 31 heavy (non-hydrogen) atoms. The predicted octanol–water partition coefficient (Wildman–Crippen LogP) is 3.40. The smallest absolute Gasteiger partial charge is 0.416 e. The number of carboxylic acid groups (broad SMARTS) is 1. The highest BCUT2D eigenvalue weighted by molar-refractivity contribution is 8.18. The van der Waals surface area contributed by atoms with E-state index in [1.54, 1.807) is 24.3 Å². The van der Waals surface area contributed by atoms with Crippen LogP contribution < -0.4 is 10.2 Å². The van der Waals surface area contributed by atoms with Crippen LogP contribution in [0.3, 0.4) is 0 Å². The van der Waals surface area contributed by atoms with E-state index in [0.29, 0.717) is 11.3 Å². The summed E-state index contributed by atoms with van der Waals surface area (Å²) in [6.07, 6.45) is -4.54. The standard InChI is InChI=1S/C20H12F3N3O4S/c21-20(22,23)10-4-3-5-11(8-10)24-19-25-17(29)16(31-19)15-12-6-1-2-7-13(12)26(18(15)30)9-14(27)28/h1-8H,9H2,(H,27,28)(H,24,25,29)/b16-15+. The van der Waals surface area contributed by atoms with Gasteiger partial charge in [-0.3, -0.25) is 19.3 Å². The van der Waals surface area contributed by atoms with E-state index in [4.69, 9.17) is 5.11 Å². The van der Waals surface area contributed by atoms with Crippen molar-refractivity contribution in [2.24, 2.45) is 4.99 Å². The van der Waals surface area contributed by atoms with Gasteiger partial charge in [0.1, 0.15) is 6.54 Å². The second kappa shape index (κ2) is 7.58. The number of carbonyl (C=O) groups is 3. The molecule has 2 amide bonds. The first-order chi connectivity index (χ1) is 14.6. The van der Waals surface area contributed by atoms with Gasteiger partial charge in [-0.05, 0) is 36.0 Å². The molecule has 0 spiro atoms. The van der Waals surface area contributed by atoms with Crippen LogP contribution in [0.2, 0.25) is 0 Å². The molecule has 0 aliphatic carbocycles. The highest BCUT2D eigenvalue weighted by Gasteiger charge is 2.40. The molecule has 2 heterocycles. The Morgan fingerprint density at radius 1 is 1.13 bits per heavy atom. The molecular weight excluding hydrogens is 435 g/mol. The zero-order valence-electron chi connectivity index (χ0n) is 15.4. The summed E-state index contributed by atoms with van der Waals surface area (Å²) in [5.41, 5.74) is -0.129. The van der Waals surface area contributed by atoms with Crippen molar-refractivity contribution >= 4 is 51.7 Å². The van der Waals surface area contributed by atoms with Crippen LogP contribution in [-0.4, -0.2) is 34.6 Å². The number of carboxylic acids is 1. The van der Waals surface area contributed by atoms with Gasteiger partial charge in [0, 0.05) is 5.56 Å². The summed E-state index contributed by atoms with van der Waals surface area (Å²) in [5.74, 6) is -2.52. The number of halogens is 3. The number of amides is 2. The first-order valence-electron chi connectivity index (χ1n) is 8.77. The number of amidine groups is 1. The first-order valence-corrected chi connectivity index (χ1v) is 9.59. The van der Waals surface area contributed by atoms with E-state index in [1.165, 1.54) is 12.1 Å². The van der Waals surface area contributed by atoms with E-state index in [-0.39, 0.29) is 21.3 Å². The van der Waals surface area contributed by atoms with Crippen molar-refractivity contribution in [3.63, 3.8) is 0 Å². The fourth-order valence-electron chi connectivity index (χ4n) is 3.20. The molecule has 0 atom stereocenters. The van der Waals surface area contributed by atoms with E-state index < -0.39 is 36.1 Å². The Morgan fingerprint density at radius 3 is 2.58 bits per heavy atom. The van der Waals surface area contributed by atoms with Gasteiger partial charge in [0.05, 0.1) is 27.4 Å². The molecule has 2 aliphatic rings. The molecule has 0 unspecified atom stereocenters. The Balaban J connectivity index is 1.72. The van der Waals surface area contributed by atoms with E-state index in [1.807, 2.05) is 0 Å². The molecule has 11 heteroatoms. The lowest BCUT2D eigenvalue weighted by atomic mass is 10.1. The number of nitrogens with one attached hydrogen (secondary N) is 1. The van der Waals surface area contributed by atoms with Crippen molar-refractivity contribution < 1.29 is 32.7 Å². The predicted molar refractivity (Wildman–Crippen MR) is 108 cm³/mol. The van der Waals surface area contributed by atoms with E-state index in [2.05, 4.69) is 10.3 Å². The SMILES string of the molecule is O=C(O)CN1C(=O)/C(=C2/SC(=Nc3cccc(C(F)(F)F)c3)NC2=O)c2ccccc21. The molecular formula is C20H12F3N3O4S. The number of aliphatic carboxylic acids is 1. The highest BCUT2D eigenvalue weighted by Crippen LogP contribution is 2.42. The number of anilines is 1. The lowest BCUT2D eigenvalue weighted by Crippen LogP contribution is -2.32. The molecule has 7 nitrogen and oxygen atoms in total. The third-order valence-corrected chi connectivity index (χ3v) is 5.45. The summed E-state index contributed by atoms with van der Waals surface area (Å²) >= 11 is 0.805. The maximum Gasteiger partial charge on any atom is 0.416 e.